The van der Waals surface area contributed by atoms with Gasteiger partial charge >= 0.3 is 0 Å². The first-order valence-corrected chi connectivity index (χ1v) is 7.16. The topological polar surface area (TPSA) is 41.5 Å². The lowest BCUT2D eigenvalue weighted by Gasteiger charge is -2.29. The van der Waals surface area contributed by atoms with Gasteiger partial charge in [-0.15, -0.1) is 0 Å². The Morgan fingerprint density at radius 3 is 2.53 bits per heavy atom. The minimum Gasteiger partial charge on any atom is -0.394 e. The zero-order chi connectivity index (χ0) is 12.6. The minimum atomic E-state index is -0.103. The van der Waals surface area contributed by atoms with Crippen LogP contribution < -0.4 is 5.32 Å². The Kier molecular flexibility index (Phi) is 7.09. The third-order valence-corrected chi connectivity index (χ3v) is 3.39. The van der Waals surface area contributed by atoms with Crippen molar-refractivity contribution in [3.05, 3.63) is 0 Å². The summed E-state index contributed by atoms with van der Waals surface area (Å²) in [6.07, 6.45) is 8.24. The standard InChI is InChI=1S/C14H29NO2/c1-3-4-5-10-17-11-6-9-14(2,12-16)15-13-7-8-13/h13,15-16H,3-12H2,1-2H3. The van der Waals surface area contributed by atoms with Gasteiger partial charge in [0.15, 0.2) is 0 Å². The molecule has 0 spiro atoms. The third-order valence-electron chi connectivity index (χ3n) is 3.39. The number of rotatable bonds is 11. The summed E-state index contributed by atoms with van der Waals surface area (Å²) in [4.78, 5) is 0. The van der Waals surface area contributed by atoms with Gasteiger partial charge in [0.25, 0.3) is 0 Å². The van der Waals surface area contributed by atoms with Gasteiger partial charge in [0, 0.05) is 24.8 Å². The predicted molar refractivity (Wildman–Crippen MR) is 71.2 cm³/mol. The molecule has 0 aromatic rings. The molecule has 0 amide bonds. The molecule has 0 aromatic heterocycles. The second kappa shape index (κ2) is 8.06. The fourth-order valence-electron chi connectivity index (χ4n) is 2.04. The monoisotopic (exact) mass is 243 g/mol. The molecule has 17 heavy (non-hydrogen) atoms. The van der Waals surface area contributed by atoms with Crippen molar-refractivity contribution in [3.63, 3.8) is 0 Å². The summed E-state index contributed by atoms with van der Waals surface area (Å²) in [6, 6.07) is 0.651. The van der Waals surface area contributed by atoms with E-state index in [1.165, 1.54) is 32.1 Å². The van der Waals surface area contributed by atoms with Gasteiger partial charge < -0.3 is 15.2 Å². The Morgan fingerprint density at radius 2 is 1.94 bits per heavy atom. The van der Waals surface area contributed by atoms with Crippen molar-refractivity contribution in [2.24, 2.45) is 0 Å². The van der Waals surface area contributed by atoms with E-state index in [2.05, 4.69) is 19.2 Å². The summed E-state index contributed by atoms with van der Waals surface area (Å²) in [5, 5.41) is 13.0. The summed E-state index contributed by atoms with van der Waals surface area (Å²) in [5.41, 5.74) is -0.103. The number of hydrogen-bond donors (Lipinski definition) is 2. The van der Waals surface area contributed by atoms with Gasteiger partial charge in [0.05, 0.1) is 6.61 Å². The molecular formula is C14H29NO2. The molecule has 1 aliphatic carbocycles. The second-order valence-electron chi connectivity index (χ2n) is 5.56. The molecule has 1 atom stereocenters. The maximum atomic E-state index is 9.43. The van der Waals surface area contributed by atoms with E-state index in [0.717, 1.165) is 26.1 Å². The van der Waals surface area contributed by atoms with Crippen LogP contribution in [-0.4, -0.2) is 36.5 Å². The Hall–Kier alpha value is -0.120. The zero-order valence-electron chi connectivity index (χ0n) is 11.5. The van der Waals surface area contributed by atoms with Crippen LogP contribution in [0, 0.1) is 0 Å². The van der Waals surface area contributed by atoms with Crippen LogP contribution in [0.1, 0.15) is 58.8 Å². The van der Waals surface area contributed by atoms with Crippen LogP contribution in [0.3, 0.4) is 0 Å². The number of ether oxygens (including phenoxy) is 1. The van der Waals surface area contributed by atoms with Gasteiger partial charge in [-0.3, -0.25) is 0 Å². The molecule has 3 heteroatoms. The average Bonchev–Trinajstić information content (AvgIpc) is 3.12. The highest BCUT2D eigenvalue weighted by Crippen LogP contribution is 2.24. The number of hydrogen-bond acceptors (Lipinski definition) is 3. The van der Waals surface area contributed by atoms with Crippen molar-refractivity contribution in [2.45, 2.75) is 70.4 Å². The maximum Gasteiger partial charge on any atom is 0.0610 e. The highest BCUT2D eigenvalue weighted by atomic mass is 16.5. The summed E-state index contributed by atoms with van der Waals surface area (Å²) in [5.74, 6) is 0. The third kappa shape index (κ3) is 7.02. The van der Waals surface area contributed by atoms with Crippen LogP contribution in [0.15, 0.2) is 0 Å². The van der Waals surface area contributed by atoms with Gasteiger partial charge in [-0.2, -0.15) is 0 Å². The smallest absolute Gasteiger partial charge is 0.0610 e. The minimum absolute atomic E-state index is 0.103. The number of aliphatic hydroxyl groups is 1. The molecule has 0 aromatic carbocycles. The Balaban J connectivity index is 1.98. The highest BCUT2D eigenvalue weighted by Gasteiger charge is 2.31. The second-order valence-corrected chi connectivity index (χ2v) is 5.56. The normalized spacial score (nSPS) is 19.2. The predicted octanol–water partition coefficient (Wildman–Crippen LogP) is 2.48. The molecule has 1 unspecified atom stereocenters. The molecule has 1 fully saturated rings. The SMILES string of the molecule is CCCCCOCCCC(C)(CO)NC1CC1. The van der Waals surface area contributed by atoms with E-state index in [0.29, 0.717) is 6.04 Å². The van der Waals surface area contributed by atoms with Gasteiger partial charge in [0.1, 0.15) is 0 Å². The van der Waals surface area contributed by atoms with Crippen molar-refractivity contribution < 1.29 is 9.84 Å². The molecule has 0 bridgehead atoms. The van der Waals surface area contributed by atoms with Crippen molar-refractivity contribution in [3.8, 4) is 0 Å². The van der Waals surface area contributed by atoms with E-state index in [9.17, 15) is 5.11 Å². The number of aliphatic hydroxyl groups excluding tert-OH is 1. The summed E-state index contributed by atoms with van der Waals surface area (Å²) < 4.78 is 5.59. The highest BCUT2D eigenvalue weighted by molar-refractivity contribution is 4.92. The van der Waals surface area contributed by atoms with Gasteiger partial charge in [-0.25, -0.2) is 0 Å². The summed E-state index contributed by atoms with van der Waals surface area (Å²) >= 11 is 0. The largest absolute Gasteiger partial charge is 0.394 e. The van der Waals surface area contributed by atoms with Gasteiger partial charge in [-0.05, 0) is 39.0 Å². The van der Waals surface area contributed by atoms with E-state index in [1.54, 1.807) is 0 Å². The quantitative estimate of drug-likeness (QED) is 0.548. The lowest BCUT2D eigenvalue weighted by molar-refractivity contribution is 0.107. The molecule has 3 nitrogen and oxygen atoms in total. The van der Waals surface area contributed by atoms with Crippen molar-refractivity contribution in [2.75, 3.05) is 19.8 Å². The van der Waals surface area contributed by atoms with Crippen LogP contribution in [0.5, 0.6) is 0 Å². The first-order chi connectivity index (χ1) is 8.20. The van der Waals surface area contributed by atoms with Crippen molar-refractivity contribution >= 4 is 0 Å². The first kappa shape index (κ1) is 14.9. The molecular weight excluding hydrogens is 214 g/mol. The van der Waals surface area contributed by atoms with Crippen LogP contribution in [0.4, 0.5) is 0 Å². The first-order valence-electron chi connectivity index (χ1n) is 7.16. The summed E-state index contributed by atoms with van der Waals surface area (Å²) in [6.45, 7) is 6.25. The van der Waals surface area contributed by atoms with Gasteiger partial charge in [-0.1, -0.05) is 19.8 Å². The fourth-order valence-corrected chi connectivity index (χ4v) is 2.04. The van der Waals surface area contributed by atoms with Crippen molar-refractivity contribution in [1.29, 1.82) is 0 Å². The van der Waals surface area contributed by atoms with Crippen LogP contribution in [-0.2, 0) is 4.74 Å². The van der Waals surface area contributed by atoms with E-state index < -0.39 is 0 Å². The average molecular weight is 243 g/mol. The van der Waals surface area contributed by atoms with Crippen molar-refractivity contribution in [1.82, 2.24) is 5.32 Å². The Morgan fingerprint density at radius 1 is 1.24 bits per heavy atom. The molecule has 0 aliphatic heterocycles. The molecule has 0 radical (unpaired) electrons. The lowest BCUT2D eigenvalue weighted by Crippen LogP contribution is -2.47. The van der Waals surface area contributed by atoms with E-state index >= 15 is 0 Å². The molecule has 0 heterocycles. The van der Waals surface area contributed by atoms with Crippen LogP contribution in [0.2, 0.25) is 0 Å². The maximum absolute atomic E-state index is 9.43. The van der Waals surface area contributed by atoms with E-state index in [-0.39, 0.29) is 12.1 Å². The van der Waals surface area contributed by atoms with E-state index in [1.807, 2.05) is 0 Å². The van der Waals surface area contributed by atoms with E-state index in [4.69, 9.17) is 4.74 Å². The number of unbranched alkanes of at least 4 members (excludes halogenated alkanes) is 2. The Labute approximate surface area is 106 Å². The number of nitrogens with one attached hydrogen (secondary N) is 1. The van der Waals surface area contributed by atoms with Gasteiger partial charge in [0.2, 0.25) is 0 Å². The molecule has 102 valence electrons. The van der Waals surface area contributed by atoms with Crippen LogP contribution >= 0.6 is 0 Å². The fraction of sp³-hybridized carbons (Fsp3) is 1.00. The molecule has 1 saturated carbocycles. The molecule has 0 saturated heterocycles. The summed E-state index contributed by atoms with van der Waals surface area (Å²) in [7, 11) is 0. The zero-order valence-corrected chi connectivity index (χ0v) is 11.5. The molecule has 1 rings (SSSR count). The Bertz CT molecular complexity index is 195. The molecule has 1 aliphatic rings. The molecule has 2 N–H and O–H groups in total. The van der Waals surface area contributed by atoms with Crippen LogP contribution in [0.25, 0.3) is 0 Å². The lowest BCUT2D eigenvalue weighted by atomic mass is 9.97.